The summed E-state index contributed by atoms with van der Waals surface area (Å²) in [6.07, 6.45) is 0. The van der Waals surface area contributed by atoms with E-state index in [0.717, 1.165) is 30.5 Å². The van der Waals surface area contributed by atoms with Gasteiger partial charge in [-0.1, -0.05) is 0 Å². The molecule has 4 nitrogen and oxygen atoms in total. The number of aryl methyl sites for hydroxylation is 1. The lowest BCUT2D eigenvalue weighted by Crippen LogP contribution is -2.12. The van der Waals surface area contributed by atoms with Crippen molar-refractivity contribution in [2.75, 3.05) is 19.0 Å². The molecule has 0 amide bonds. The van der Waals surface area contributed by atoms with Gasteiger partial charge in [-0.15, -0.1) is 11.8 Å². The molecule has 0 radical (unpaired) electrons. The van der Waals surface area contributed by atoms with E-state index in [1.165, 1.54) is 6.07 Å². The quantitative estimate of drug-likeness (QED) is 0.774. The molecule has 1 aromatic rings. The maximum Gasteiger partial charge on any atom is 0.251 e. The molecular formula is C11H18N2O2S. The second-order valence-corrected chi connectivity index (χ2v) is 4.93. The first-order valence-corrected chi connectivity index (χ1v) is 6.45. The highest BCUT2D eigenvalue weighted by Crippen LogP contribution is 2.24. The molecule has 1 heterocycles. The molecule has 0 saturated heterocycles. The molecule has 0 bridgehead atoms. The molecule has 0 aliphatic carbocycles. The monoisotopic (exact) mass is 242 g/mol. The van der Waals surface area contributed by atoms with E-state index >= 15 is 0 Å². The third-order valence-corrected chi connectivity index (χ3v) is 3.20. The van der Waals surface area contributed by atoms with Gasteiger partial charge in [0.05, 0.1) is 11.9 Å². The van der Waals surface area contributed by atoms with Crippen LogP contribution in [0.25, 0.3) is 0 Å². The van der Waals surface area contributed by atoms with Gasteiger partial charge in [-0.2, -0.15) is 0 Å². The number of aromatic amines is 1. The summed E-state index contributed by atoms with van der Waals surface area (Å²) in [5, 5.41) is 0.188. The number of rotatable bonds is 6. The van der Waals surface area contributed by atoms with Crippen LogP contribution in [0, 0.1) is 6.92 Å². The molecule has 0 aliphatic heterocycles. The van der Waals surface area contributed by atoms with Crippen LogP contribution < -0.4 is 5.56 Å². The van der Waals surface area contributed by atoms with Crippen molar-refractivity contribution in [2.45, 2.75) is 26.0 Å². The lowest BCUT2D eigenvalue weighted by atomic mass is 10.4. The van der Waals surface area contributed by atoms with Crippen LogP contribution >= 0.6 is 11.8 Å². The normalized spacial score (nSPS) is 12.7. The van der Waals surface area contributed by atoms with Crippen LogP contribution in [0.2, 0.25) is 0 Å². The van der Waals surface area contributed by atoms with Crippen LogP contribution in [0.1, 0.15) is 30.6 Å². The Morgan fingerprint density at radius 2 is 2.38 bits per heavy atom. The highest BCUT2D eigenvalue weighted by Gasteiger charge is 2.08. The summed E-state index contributed by atoms with van der Waals surface area (Å²) in [6.45, 7) is 7.33. The van der Waals surface area contributed by atoms with Crippen LogP contribution in [0.5, 0.6) is 0 Å². The summed E-state index contributed by atoms with van der Waals surface area (Å²) < 4.78 is 5.25. The smallest absolute Gasteiger partial charge is 0.251 e. The number of H-pyrrole nitrogens is 1. The van der Waals surface area contributed by atoms with E-state index in [1.54, 1.807) is 11.8 Å². The van der Waals surface area contributed by atoms with E-state index in [9.17, 15) is 4.79 Å². The lowest BCUT2D eigenvalue weighted by molar-refractivity contribution is 0.164. The van der Waals surface area contributed by atoms with Gasteiger partial charge in [0.15, 0.2) is 0 Å². The average Bonchev–Trinajstić information content (AvgIpc) is 2.22. The molecule has 1 aromatic heterocycles. The Labute approximate surface area is 99.8 Å². The maximum absolute atomic E-state index is 11.3. The molecule has 1 rings (SSSR count). The standard InChI is InChI=1S/C11H18N2O2S/c1-4-15-5-6-16-9(3)11-12-8(2)7-10(14)13-11/h7,9H,4-6H2,1-3H3,(H,12,13,14). The summed E-state index contributed by atoms with van der Waals surface area (Å²) in [7, 11) is 0. The number of hydrogen-bond donors (Lipinski definition) is 1. The van der Waals surface area contributed by atoms with E-state index in [4.69, 9.17) is 4.74 Å². The van der Waals surface area contributed by atoms with Gasteiger partial charge < -0.3 is 9.72 Å². The molecule has 16 heavy (non-hydrogen) atoms. The minimum absolute atomic E-state index is 0.0836. The third-order valence-electron chi connectivity index (χ3n) is 2.07. The Hall–Kier alpha value is -0.810. The SMILES string of the molecule is CCOCCSC(C)c1nc(C)cc(=O)[nH]1. The fraction of sp³-hybridized carbons (Fsp3) is 0.636. The maximum atomic E-state index is 11.3. The van der Waals surface area contributed by atoms with Crippen molar-refractivity contribution in [1.29, 1.82) is 0 Å². The van der Waals surface area contributed by atoms with Crippen molar-refractivity contribution in [3.8, 4) is 0 Å². The zero-order valence-corrected chi connectivity index (χ0v) is 10.8. The van der Waals surface area contributed by atoms with Crippen LogP contribution in [-0.4, -0.2) is 28.9 Å². The molecule has 0 fully saturated rings. The fourth-order valence-corrected chi connectivity index (χ4v) is 2.14. The first-order valence-electron chi connectivity index (χ1n) is 5.40. The molecule has 0 aromatic carbocycles. The number of ether oxygens (including phenoxy) is 1. The van der Waals surface area contributed by atoms with Crippen LogP contribution in [0.3, 0.4) is 0 Å². The van der Waals surface area contributed by atoms with E-state index in [1.807, 2.05) is 20.8 Å². The van der Waals surface area contributed by atoms with Crippen LogP contribution in [0.15, 0.2) is 10.9 Å². The molecular weight excluding hydrogens is 224 g/mol. The molecule has 0 saturated carbocycles. The van der Waals surface area contributed by atoms with Gasteiger partial charge in [-0.25, -0.2) is 4.98 Å². The Balaban J connectivity index is 2.52. The number of nitrogens with one attached hydrogen (secondary N) is 1. The zero-order chi connectivity index (χ0) is 12.0. The fourth-order valence-electron chi connectivity index (χ4n) is 1.30. The van der Waals surface area contributed by atoms with E-state index in [0.29, 0.717) is 0 Å². The van der Waals surface area contributed by atoms with Gasteiger partial charge in [0, 0.05) is 24.1 Å². The van der Waals surface area contributed by atoms with Gasteiger partial charge >= 0.3 is 0 Å². The summed E-state index contributed by atoms with van der Waals surface area (Å²) in [5.74, 6) is 1.65. The first-order chi connectivity index (χ1) is 7.63. The van der Waals surface area contributed by atoms with Crippen molar-refractivity contribution >= 4 is 11.8 Å². The Morgan fingerprint density at radius 1 is 1.62 bits per heavy atom. The summed E-state index contributed by atoms with van der Waals surface area (Å²) in [4.78, 5) is 18.3. The average molecular weight is 242 g/mol. The minimum Gasteiger partial charge on any atom is -0.381 e. The predicted octanol–water partition coefficient (Wildman–Crippen LogP) is 1.91. The molecule has 90 valence electrons. The van der Waals surface area contributed by atoms with Crippen LogP contribution in [-0.2, 0) is 4.74 Å². The zero-order valence-electron chi connectivity index (χ0n) is 9.95. The van der Waals surface area contributed by atoms with Gasteiger partial charge in [0.25, 0.3) is 5.56 Å². The van der Waals surface area contributed by atoms with Crippen molar-refractivity contribution in [3.05, 3.63) is 27.9 Å². The largest absolute Gasteiger partial charge is 0.381 e. The minimum atomic E-state index is -0.0836. The molecule has 5 heteroatoms. The summed E-state index contributed by atoms with van der Waals surface area (Å²) in [5.41, 5.74) is 0.677. The second-order valence-electron chi connectivity index (χ2n) is 3.48. The van der Waals surface area contributed by atoms with Gasteiger partial charge in [0.1, 0.15) is 5.82 Å². The lowest BCUT2D eigenvalue weighted by Gasteiger charge is -2.10. The Morgan fingerprint density at radius 3 is 3.00 bits per heavy atom. The molecule has 1 N–H and O–H groups in total. The summed E-state index contributed by atoms with van der Waals surface area (Å²) in [6, 6.07) is 1.50. The van der Waals surface area contributed by atoms with Gasteiger partial charge in [-0.3, -0.25) is 4.79 Å². The molecule has 1 unspecified atom stereocenters. The number of hydrogen-bond acceptors (Lipinski definition) is 4. The number of nitrogens with zero attached hydrogens (tertiary/aromatic N) is 1. The van der Waals surface area contributed by atoms with Crippen molar-refractivity contribution < 1.29 is 4.74 Å². The summed E-state index contributed by atoms with van der Waals surface area (Å²) >= 11 is 1.73. The van der Waals surface area contributed by atoms with Crippen molar-refractivity contribution in [1.82, 2.24) is 9.97 Å². The topological polar surface area (TPSA) is 55.0 Å². The van der Waals surface area contributed by atoms with Gasteiger partial charge in [-0.05, 0) is 20.8 Å². The van der Waals surface area contributed by atoms with E-state index in [2.05, 4.69) is 9.97 Å². The van der Waals surface area contributed by atoms with Crippen LogP contribution in [0.4, 0.5) is 0 Å². The molecule has 0 spiro atoms. The highest BCUT2D eigenvalue weighted by molar-refractivity contribution is 7.99. The van der Waals surface area contributed by atoms with Crippen molar-refractivity contribution in [2.24, 2.45) is 0 Å². The highest BCUT2D eigenvalue weighted by atomic mass is 32.2. The third kappa shape index (κ3) is 4.37. The Kier molecular flexibility index (Phi) is 5.55. The number of thioether (sulfide) groups is 1. The Bertz CT molecular complexity index is 378. The first kappa shape index (κ1) is 13.3. The molecule has 1 atom stereocenters. The predicted molar refractivity (Wildman–Crippen MR) is 67.0 cm³/mol. The second kappa shape index (κ2) is 6.70. The van der Waals surface area contributed by atoms with E-state index in [-0.39, 0.29) is 10.8 Å². The van der Waals surface area contributed by atoms with E-state index < -0.39 is 0 Å². The molecule has 0 aliphatic rings. The number of aromatic nitrogens is 2. The van der Waals surface area contributed by atoms with Crippen molar-refractivity contribution in [3.63, 3.8) is 0 Å². The van der Waals surface area contributed by atoms with Gasteiger partial charge in [0.2, 0.25) is 0 Å².